The van der Waals surface area contributed by atoms with Crippen molar-refractivity contribution in [3.05, 3.63) is 24.0 Å². The molecule has 0 amide bonds. The monoisotopic (exact) mass is 151 g/mol. The molecule has 0 aromatic carbocycles. The molecule has 1 heterocycles. The minimum atomic E-state index is 0.556. The van der Waals surface area contributed by atoms with E-state index in [2.05, 4.69) is 24.5 Å². The Labute approximate surface area is 67.7 Å². The molecule has 0 unspecified atom stereocenters. The van der Waals surface area contributed by atoms with Gasteiger partial charge in [-0.05, 0) is 6.07 Å². The zero-order valence-electron chi connectivity index (χ0n) is 7.33. The second-order valence-corrected chi connectivity index (χ2v) is 3.15. The molecule has 1 aromatic heterocycles. The molecule has 0 fully saturated rings. The number of nitrogens with zero attached hydrogens (tertiary/aromatic N) is 1. The van der Waals surface area contributed by atoms with Crippen LogP contribution in [0.25, 0.3) is 0 Å². The first-order chi connectivity index (χ1) is 5.11. The molecule has 1 rings (SSSR count). The van der Waals surface area contributed by atoms with E-state index in [1.165, 1.54) is 5.69 Å². The van der Waals surface area contributed by atoms with Crippen molar-refractivity contribution in [1.82, 2.24) is 0 Å². The van der Waals surface area contributed by atoms with Crippen LogP contribution in [0.15, 0.2) is 18.3 Å². The molecule has 0 radical (unpaired) electrons. The van der Waals surface area contributed by atoms with Crippen LogP contribution in [0.1, 0.15) is 25.5 Å². The highest BCUT2D eigenvalue weighted by Crippen LogP contribution is 2.09. The van der Waals surface area contributed by atoms with E-state index in [1.54, 1.807) is 0 Å². The molecule has 2 heteroatoms. The predicted octanol–water partition coefficient (Wildman–Crippen LogP) is 1.22. The van der Waals surface area contributed by atoms with Gasteiger partial charge in [0.15, 0.2) is 11.9 Å². The summed E-state index contributed by atoms with van der Waals surface area (Å²) in [4.78, 5) is 0. The Morgan fingerprint density at radius 2 is 2.00 bits per heavy atom. The quantitative estimate of drug-likeness (QED) is 0.601. The van der Waals surface area contributed by atoms with E-state index in [-0.39, 0.29) is 0 Å². The number of rotatable bonds is 1. The van der Waals surface area contributed by atoms with Gasteiger partial charge < -0.3 is 5.73 Å². The fraction of sp³-hybridized carbons (Fsp3) is 0.444. The molecular formula is C9H15N2+. The molecule has 1 aromatic rings. The van der Waals surface area contributed by atoms with E-state index in [0.717, 1.165) is 5.69 Å². The van der Waals surface area contributed by atoms with Crippen LogP contribution in [0, 0.1) is 0 Å². The smallest absolute Gasteiger partial charge is 0.191 e. The number of aromatic nitrogens is 1. The molecular weight excluding hydrogens is 136 g/mol. The summed E-state index contributed by atoms with van der Waals surface area (Å²) in [6.45, 7) is 4.34. The van der Waals surface area contributed by atoms with Crippen molar-refractivity contribution >= 4 is 5.69 Å². The van der Waals surface area contributed by atoms with Gasteiger partial charge in [0, 0.05) is 12.0 Å². The predicted molar refractivity (Wildman–Crippen MR) is 46.1 cm³/mol. The highest BCUT2D eigenvalue weighted by molar-refractivity contribution is 5.32. The molecule has 2 nitrogen and oxygen atoms in total. The van der Waals surface area contributed by atoms with Gasteiger partial charge in [0.2, 0.25) is 0 Å². The lowest BCUT2D eigenvalue weighted by Gasteiger charge is -2.02. The highest BCUT2D eigenvalue weighted by atomic mass is 14.9. The lowest BCUT2D eigenvalue weighted by atomic mass is 10.1. The summed E-state index contributed by atoms with van der Waals surface area (Å²) in [5.74, 6) is 0.556. The maximum Gasteiger partial charge on any atom is 0.191 e. The molecule has 2 N–H and O–H groups in total. The number of hydrogen-bond acceptors (Lipinski definition) is 1. The summed E-state index contributed by atoms with van der Waals surface area (Å²) >= 11 is 0. The van der Waals surface area contributed by atoms with Crippen molar-refractivity contribution in [1.29, 1.82) is 0 Å². The Balaban J connectivity index is 3.09. The van der Waals surface area contributed by atoms with Gasteiger partial charge in [0.05, 0.1) is 5.69 Å². The maximum atomic E-state index is 5.61. The van der Waals surface area contributed by atoms with Gasteiger partial charge in [-0.25, -0.2) is 4.57 Å². The van der Waals surface area contributed by atoms with Gasteiger partial charge in [-0.15, -0.1) is 0 Å². The third-order valence-corrected chi connectivity index (χ3v) is 1.79. The van der Waals surface area contributed by atoms with Crippen LogP contribution in [-0.4, -0.2) is 0 Å². The molecule has 0 aliphatic rings. The van der Waals surface area contributed by atoms with Crippen LogP contribution in [0.4, 0.5) is 5.69 Å². The normalized spacial score (nSPS) is 10.5. The minimum Gasteiger partial charge on any atom is -0.394 e. The Bertz CT molecular complexity index is 254. The third-order valence-electron chi connectivity index (χ3n) is 1.79. The van der Waals surface area contributed by atoms with E-state index >= 15 is 0 Å². The fourth-order valence-electron chi connectivity index (χ4n) is 1.24. The number of nitrogens with two attached hydrogens (primary N) is 1. The van der Waals surface area contributed by atoms with Gasteiger partial charge in [0.25, 0.3) is 0 Å². The van der Waals surface area contributed by atoms with Crippen molar-refractivity contribution in [2.24, 2.45) is 7.05 Å². The Hall–Kier alpha value is -1.05. The molecule has 0 aliphatic carbocycles. The third kappa shape index (κ3) is 1.70. The zero-order valence-corrected chi connectivity index (χ0v) is 7.33. The molecule has 0 atom stereocenters. The average molecular weight is 151 g/mol. The van der Waals surface area contributed by atoms with Crippen molar-refractivity contribution in [3.63, 3.8) is 0 Å². The van der Waals surface area contributed by atoms with Crippen molar-refractivity contribution < 1.29 is 4.57 Å². The van der Waals surface area contributed by atoms with Gasteiger partial charge in [-0.1, -0.05) is 13.8 Å². The van der Waals surface area contributed by atoms with Crippen molar-refractivity contribution in [2.75, 3.05) is 5.73 Å². The number of aryl methyl sites for hydroxylation is 1. The topological polar surface area (TPSA) is 29.9 Å². The maximum absolute atomic E-state index is 5.61. The number of pyridine rings is 1. The summed E-state index contributed by atoms with van der Waals surface area (Å²) < 4.78 is 2.07. The number of anilines is 1. The van der Waals surface area contributed by atoms with Crippen LogP contribution in [-0.2, 0) is 7.05 Å². The molecule has 0 bridgehead atoms. The Morgan fingerprint density at radius 1 is 1.36 bits per heavy atom. The lowest BCUT2D eigenvalue weighted by Crippen LogP contribution is -2.34. The SMILES string of the molecule is CC(C)c1ccc(N)c[n+]1C. The van der Waals surface area contributed by atoms with Crippen molar-refractivity contribution in [3.8, 4) is 0 Å². The van der Waals surface area contributed by atoms with E-state index < -0.39 is 0 Å². The first kappa shape index (κ1) is 8.05. The summed E-state index contributed by atoms with van der Waals surface area (Å²) in [7, 11) is 2.02. The summed E-state index contributed by atoms with van der Waals surface area (Å²) in [5, 5.41) is 0. The largest absolute Gasteiger partial charge is 0.394 e. The molecule has 11 heavy (non-hydrogen) atoms. The standard InChI is InChI=1S/C9H15N2/c1-7(2)9-5-4-8(10)6-11(9)3/h4-7H,10H2,1-3H3/q+1. The lowest BCUT2D eigenvalue weighted by molar-refractivity contribution is -0.679. The van der Waals surface area contributed by atoms with Gasteiger partial charge >= 0.3 is 0 Å². The molecule has 0 spiro atoms. The van der Waals surface area contributed by atoms with Crippen LogP contribution in [0.2, 0.25) is 0 Å². The van der Waals surface area contributed by atoms with E-state index in [0.29, 0.717) is 5.92 Å². The molecule has 0 saturated carbocycles. The Morgan fingerprint density at radius 3 is 2.45 bits per heavy atom. The summed E-state index contributed by atoms with van der Waals surface area (Å²) in [6, 6.07) is 4.01. The van der Waals surface area contributed by atoms with Crippen LogP contribution < -0.4 is 10.3 Å². The van der Waals surface area contributed by atoms with Crippen LogP contribution in [0.3, 0.4) is 0 Å². The summed E-state index contributed by atoms with van der Waals surface area (Å²) in [5.41, 5.74) is 7.73. The van der Waals surface area contributed by atoms with Crippen molar-refractivity contribution in [2.45, 2.75) is 19.8 Å². The molecule has 60 valence electrons. The first-order valence-electron chi connectivity index (χ1n) is 3.86. The van der Waals surface area contributed by atoms with Crippen LogP contribution in [0.5, 0.6) is 0 Å². The highest BCUT2D eigenvalue weighted by Gasteiger charge is 2.09. The van der Waals surface area contributed by atoms with Gasteiger partial charge in [0.1, 0.15) is 7.05 Å². The molecule has 0 saturated heterocycles. The second-order valence-electron chi connectivity index (χ2n) is 3.15. The second kappa shape index (κ2) is 2.91. The summed E-state index contributed by atoms with van der Waals surface area (Å²) in [6.07, 6.45) is 1.94. The van der Waals surface area contributed by atoms with E-state index in [1.807, 2.05) is 19.3 Å². The van der Waals surface area contributed by atoms with Gasteiger partial charge in [-0.3, -0.25) is 0 Å². The van der Waals surface area contributed by atoms with E-state index in [4.69, 9.17) is 5.73 Å². The number of hydrogen-bond donors (Lipinski definition) is 1. The first-order valence-corrected chi connectivity index (χ1v) is 3.86. The van der Waals surface area contributed by atoms with E-state index in [9.17, 15) is 0 Å². The zero-order chi connectivity index (χ0) is 8.43. The molecule has 0 aliphatic heterocycles. The number of nitrogen functional groups attached to an aromatic ring is 1. The van der Waals surface area contributed by atoms with Crippen LogP contribution >= 0.6 is 0 Å². The minimum absolute atomic E-state index is 0.556. The van der Waals surface area contributed by atoms with Gasteiger partial charge in [-0.2, -0.15) is 0 Å². The average Bonchev–Trinajstić information content (AvgIpc) is 1.85. The Kier molecular flexibility index (Phi) is 2.13. The fourth-order valence-corrected chi connectivity index (χ4v) is 1.24.